The van der Waals surface area contributed by atoms with Crippen molar-refractivity contribution < 1.29 is 4.79 Å². The van der Waals surface area contributed by atoms with E-state index in [1.807, 2.05) is 0 Å². The molecule has 1 aromatic heterocycles. The Morgan fingerprint density at radius 3 is 2.94 bits per heavy atom. The highest BCUT2D eigenvalue weighted by atomic mass is 35.5. The summed E-state index contributed by atoms with van der Waals surface area (Å²) >= 11 is 5.89. The molecule has 1 aliphatic rings. The second kappa shape index (κ2) is 5.14. The zero-order valence-electron chi connectivity index (χ0n) is 10.5. The topological polar surface area (TPSA) is 68.0 Å². The molecular weight excluding hydrogens is 250 g/mol. The Balaban J connectivity index is 1.98. The highest BCUT2D eigenvalue weighted by Gasteiger charge is 2.41. The standard InChI is InChI=1S/C13H18ClN3O/c1-2-3-13(4-5-13)8-17-12(18)10-6-9(15)7-16-11(10)14/h6-7H,2-5,8,15H2,1H3,(H,17,18). The van der Waals surface area contributed by atoms with Crippen LogP contribution in [0.25, 0.3) is 0 Å². The van der Waals surface area contributed by atoms with Crippen molar-refractivity contribution in [1.82, 2.24) is 10.3 Å². The molecule has 0 bridgehead atoms. The maximum atomic E-state index is 12.0. The summed E-state index contributed by atoms with van der Waals surface area (Å²) in [5, 5.41) is 3.13. The monoisotopic (exact) mass is 267 g/mol. The molecule has 1 saturated carbocycles. The first-order chi connectivity index (χ1) is 8.56. The fourth-order valence-corrected chi connectivity index (χ4v) is 2.40. The zero-order valence-corrected chi connectivity index (χ0v) is 11.3. The number of carbonyl (C=O) groups is 1. The first-order valence-electron chi connectivity index (χ1n) is 6.25. The van der Waals surface area contributed by atoms with Crippen molar-refractivity contribution in [2.75, 3.05) is 12.3 Å². The Hall–Kier alpha value is -1.29. The molecule has 1 heterocycles. The molecule has 0 unspecified atom stereocenters. The average molecular weight is 268 g/mol. The summed E-state index contributed by atoms with van der Waals surface area (Å²) in [6.45, 7) is 2.88. The Morgan fingerprint density at radius 1 is 1.61 bits per heavy atom. The number of amides is 1. The van der Waals surface area contributed by atoms with Crippen LogP contribution in [-0.4, -0.2) is 17.4 Å². The molecule has 4 nitrogen and oxygen atoms in total. The summed E-state index contributed by atoms with van der Waals surface area (Å²) in [7, 11) is 0. The number of pyridine rings is 1. The number of hydrogen-bond acceptors (Lipinski definition) is 3. The lowest BCUT2D eigenvalue weighted by Crippen LogP contribution is -2.30. The van der Waals surface area contributed by atoms with Crippen molar-refractivity contribution in [3.05, 3.63) is 23.0 Å². The number of nitrogens with zero attached hydrogens (tertiary/aromatic N) is 1. The number of rotatable bonds is 5. The quantitative estimate of drug-likeness (QED) is 0.806. The van der Waals surface area contributed by atoms with E-state index >= 15 is 0 Å². The predicted octanol–water partition coefficient (Wildman–Crippen LogP) is 2.63. The molecule has 2 rings (SSSR count). The fourth-order valence-electron chi connectivity index (χ4n) is 2.21. The Bertz CT molecular complexity index is 458. The van der Waals surface area contributed by atoms with Crippen molar-refractivity contribution in [1.29, 1.82) is 0 Å². The minimum Gasteiger partial charge on any atom is -0.397 e. The number of nitrogens with one attached hydrogen (secondary N) is 1. The molecular formula is C13H18ClN3O. The first kappa shape index (κ1) is 13.1. The highest BCUT2D eigenvalue weighted by molar-refractivity contribution is 6.32. The molecule has 0 saturated heterocycles. The minimum absolute atomic E-state index is 0.192. The van der Waals surface area contributed by atoms with E-state index in [2.05, 4.69) is 17.2 Å². The molecule has 1 amide bonds. The first-order valence-corrected chi connectivity index (χ1v) is 6.63. The molecule has 0 radical (unpaired) electrons. The third-order valence-corrected chi connectivity index (χ3v) is 3.77. The summed E-state index contributed by atoms with van der Waals surface area (Å²) in [5.74, 6) is -0.192. The van der Waals surface area contributed by atoms with Crippen LogP contribution >= 0.6 is 11.6 Å². The van der Waals surface area contributed by atoms with E-state index < -0.39 is 0 Å². The molecule has 0 aliphatic heterocycles. The van der Waals surface area contributed by atoms with E-state index in [4.69, 9.17) is 17.3 Å². The fraction of sp³-hybridized carbons (Fsp3) is 0.538. The number of nitrogens with two attached hydrogens (primary N) is 1. The van der Waals surface area contributed by atoms with Gasteiger partial charge in [0.15, 0.2) is 0 Å². The summed E-state index contributed by atoms with van der Waals surface area (Å²) in [5.41, 5.74) is 6.72. The van der Waals surface area contributed by atoms with Gasteiger partial charge in [-0.2, -0.15) is 0 Å². The van der Waals surface area contributed by atoms with Gasteiger partial charge >= 0.3 is 0 Å². The minimum atomic E-state index is -0.192. The van der Waals surface area contributed by atoms with Gasteiger partial charge in [0, 0.05) is 6.54 Å². The van der Waals surface area contributed by atoms with Crippen molar-refractivity contribution in [2.24, 2.45) is 5.41 Å². The van der Waals surface area contributed by atoms with Crippen LogP contribution in [-0.2, 0) is 0 Å². The normalized spacial score (nSPS) is 16.3. The van der Waals surface area contributed by atoms with Gasteiger partial charge < -0.3 is 11.1 Å². The number of anilines is 1. The summed E-state index contributed by atoms with van der Waals surface area (Å²) in [4.78, 5) is 15.9. The van der Waals surface area contributed by atoms with Crippen molar-refractivity contribution >= 4 is 23.2 Å². The van der Waals surface area contributed by atoms with Crippen LogP contribution in [0, 0.1) is 5.41 Å². The molecule has 0 spiro atoms. The third-order valence-electron chi connectivity index (χ3n) is 3.47. The van der Waals surface area contributed by atoms with Crippen molar-refractivity contribution in [3.63, 3.8) is 0 Å². The van der Waals surface area contributed by atoms with Gasteiger partial charge in [-0.05, 0) is 30.7 Å². The molecule has 1 aromatic rings. The second-order valence-corrected chi connectivity index (χ2v) is 5.40. The van der Waals surface area contributed by atoms with Gasteiger partial charge in [-0.1, -0.05) is 24.9 Å². The Morgan fingerprint density at radius 2 is 2.33 bits per heavy atom. The lowest BCUT2D eigenvalue weighted by molar-refractivity contribution is 0.0943. The lowest BCUT2D eigenvalue weighted by Gasteiger charge is -2.15. The number of carbonyl (C=O) groups excluding carboxylic acids is 1. The number of nitrogen functional groups attached to an aromatic ring is 1. The highest BCUT2D eigenvalue weighted by Crippen LogP contribution is 2.48. The maximum Gasteiger partial charge on any atom is 0.254 e. The van der Waals surface area contributed by atoms with E-state index in [1.165, 1.54) is 19.0 Å². The number of aromatic nitrogens is 1. The van der Waals surface area contributed by atoms with Crippen LogP contribution < -0.4 is 11.1 Å². The van der Waals surface area contributed by atoms with Crippen LogP contribution in [0.4, 0.5) is 5.69 Å². The average Bonchev–Trinajstić information content (AvgIpc) is 3.10. The molecule has 3 N–H and O–H groups in total. The Kier molecular flexibility index (Phi) is 3.76. The van der Waals surface area contributed by atoms with E-state index in [0.717, 1.165) is 12.8 Å². The third kappa shape index (κ3) is 2.93. The SMILES string of the molecule is CCCC1(CNC(=O)c2cc(N)cnc2Cl)CC1. The second-order valence-electron chi connectivity index (χ2n) is 5.04. The van der Waals surface area contributed by atoms with Crippen LogP contribution in [0.2, 0.25) is 5.15 Å². The molecule has 1 fully saturated rings. The smallest absolute Gasteiger partial charge is 0.254 e. The van der Waals surface area contributed by atoms with Gasteiger partial charge in [0.1, 0.15) is 5.15 Å². The number of halogens is 1. The molecule has 98 valence electrons. The number of hydrogen-bond donors (Lipinski definition) is 2. The maximum absolute atomic E-state index is 12.0. The van der Waals surface area contributed by atoms with Gasteiger partial charge in [0.05, 0.1) is 17.4 Å². The van der Waals surface area contributed by atoms with Gasteiger partial charge in [-0.15, -0.1) is 0 Å². The van der Waals surface area contributed by atoms with Crippen LogP contribution in [0.15, 0.2) is 12.3 Å². The van der Waals surface area contributed by atoms with Crippen molar-refractivity contribution in [2.45, 2.75) is 32.6 Å². The molecule has 0 aromatic carbocycles. The van der Waals surface area contributed by atoms with E-state index in [9.17, 15) is 4.79 Å². The van der Waals surface area contributed by atoms with Crippen LogP contribution in [0.3, 0.4) is 0 Å². The van der Waals surface area contributed by atoms with Crippen LogP contribution in [0.5, 0.6) is 0 Å². The van der Waals surface area contributed by atoms with Crippen LogP contribution in [0.1, 0.15) is 43.0 Å². The molecule has 1 aliphatic carbocycles. The lowest BCUT2D eigenvalue weighted by atomic mass is 10.0. The Labute approximate surface area is 112 Å². The van der Waals surface area contributed by atoms with E-state index in [-0.39, 0.29) is 11.1 Å². The van der Waals surface area contributed by atoms with E-state index in [0.29, 0.717) is 23.2 Å². The summed E-state index contributed by atoms with van der Waals surface area (Å²) in [6, 6.07) is 1.56. The summed E-state index contributed by atoms with van der Waals surface area (Å²) < 4.78 is 0. The zero-order chi connectivity index (χ0) is 13.2. The largest absolute Gasteiger partial charge is 0.397 e. The molecule has 5 heteroatoms. The van der Waals surface area contributed by atoms with Crippen molar-refractivity contribution in [3.8, 4) is 0 Å². The molecule has 0 atom stereocenters. The van der Waals surface area contributed by atoms with Gasteiger partial charge in [-0.3, -0.25) is 4.79 Å². The van der Waals surface area contributed by atoms with Gasteiger partial charge in [-0.25, -0.2) is 4.98 Å². The predicted molar refractivity (Wildman–Crippen MR) is 72.6 cm³/mol. The van der Waals surface area contributed by atoms with Gasteiger partial charge in [0.2, 0.25) is 0 Å². The molecule has 18 heavy (non-hydrogen) atoms. The van der Waals surface area contributed by atoms with Gasteiger partial charge in [0.25, 0.3) is 5.91 Å². The van der Waals surface area contributed by atoms with E-state index in [1.54, 1.807) is 6.07 Å². The summed E-state index contributed by atoms with van der Waals surface area (Å²) in [6.07, 6.45) is 6.15.